The van der Waals surface area contributed by atoms with Crippen LogP contribution in [0.4, 0.5) is 0 Å². The molecule has 0 radical (unpaired) electrons. The van der Waals surface area contributed by atoms with Crippen molar-refractivity contribution in [1.29, 1.82) is 0 Å². The van der Waals surface area contributed by atoms with Crippen molar-refractivity contribution < 1.29 is 4.79 Å². The summed E-state index contributed by atoms with van der Waals surface area (Å²) in [6.45, 7) is 4.02. The van der Waals surface area contributed by atoms with E-state index in [2.05, 4.69) is 15.3 Å². The molecule has 0 atom stereocenters. The zero-order valence-electron chi connectivity index (χ0n) is 12.9. The van der Waals surface area contributed by atoms with Crippen molar-refractivity contribution in [1.82, 2.24) is 19.7 Å². The third-order valence-corrected chi connectivity index (χ3v) is 3.63. The van der Waals surface area contributed by atoms with Crippen LogP contribution in [-0.2, 0) is 11.2 Å². The molecule has 0 spiro atoms. The molecule has 0 bridgehead atoms. The first kappa shape index (κ1) is 14.3. The number of nitrogens with one attached hydrogen (secondary N) is 1. The van der Waals surface area contributed by atoms with Crippen molar-refractivity contribution in [2.24, 2.45) is 0 Å². The number of carbonyl (C=O) groups excluding carboxylic acids is 1. The van der Waals surface area contributed by atoms with E-state index in [0.717, 1.165) is 33.9 Å². The zero-order valence-corrected chi connectivity index (χ0v) is 12.9. The van der Waals surface area contributed by atoms with E-state index in [1.807, 2.05) is 54.9 Å². The number of nitrogens with zero attached hydrogens (tertiary/aromatic N) is 3. The Balaban J connectivity index is 2.21. The van der Waals surface area contributed by atoms with Gasteiger partial charge in [-0.25, -0.2) is 4.98 Å². The first-order valence-electron chi connectivity index (χ1n) is 7.19. The second kappa shape index (κ2) is 5.60. The maximum atomic E-state index is 11.9. The molecule has 0 aliphatic heterocycles. The number of hydrogen-bond donors (Lipinski definition) is 1. The molecule has 22 heavy (non-hydrogen) atoms. The fourth-order valence-electron chi connectivity index (χ4n) is 2.42. The van der Waals surface area contributed by atoms with Crippen LogP contribution in [0.5, 0.6) is 0 Å². The second-order valence-corrected chi connectivity index (χ2v) is 5.41. The number of imidazole rings is 1. The van der Waals surface area contributed by atoms with Crippen LogP contribution in [0, 0.1) is 13.8 Å². The van der Waals surface area contributed by atoms with Crippen molar-refractivity contribution in [2.45, 2.75) is 20.3 Å². The van der Waals surface area contributed by atoms with Gasteiger partial charge in [-0.05, 0) is 37.1 Å². The Hall–Kier alpha value is -2.69. The third-order valence-electron chi connectivity index (χ3n) is 3.63. The Labute approximate surface area is 129 Å². The average molecular weight is 294 g/mol. The van der Waals surface area contributed by atoms with Gasteiger partial charge in [-0.1, -0.05) is 12.1 Å². The molecule has 3 aromatic rings. The maximum Gasteiger partial charge on any atom is 0.225 e. The van der Waals surface area contributed by atoms with Crippen LogP contribution in [0.15, 0.2) is 36.7 Å². The number of aryl methyl sites for hydroxylation is 2. The lowest BCUT2D eigenvalue weighted by molar-refractivity contribution is -0.120. The van der Waals surface area contributed by atoms with Crippen LogP contribution in [0.1, 0.15) is 16.8 Å². The molecule has 1 amide bonds. The van der Waals surface area contributed by atoms with E-state index in [0.29, 0.717) is 0 Å². The number of likely N-dealkylation sites (N-methyl/N-ethyl adjacent to an activating group) is 1. The summed E-state index contributed by atoms with van der Waals surface area (Å²) >= 11 is 0. The fourth-order valence-corrected chi connectivity index (χ4v) is 2.42. The lowest BCUT2D eigenvalue weighted by Gasteiger charge is -2.05. The molecule has 0 saturated carbocycles. The zero-order chi connectivity index (χ0) is 15.7. The van der Waals surface area contributed by atoms with Gasteiger partial charge >= 0.3 is 0 Å². The normalized spacial score (nSPS) is 10.9. The van der Waals surface area contributed by atoms with Crippen LogP contribution in [-0.4, -0.2) is 27.3 Å². The lowest BCUT2D eigenvalue weighted by atomic mass is 10.1. The van der Waals surface area contributed by atoms with Crippen LogP contribution in [0.2, 0.25) is 0 Å². The first-order chi connectivity index (χ1) is 10.6. The predicted molar refractivity (Wildman–Crippen MR) is 85.7 cm³/mol. The van der Waals surface area contributed by atoms with E-state index in [9.17, 15) is 4.79 Å². The summed E-state index contributed by atoms with van der Waals surface area (Å²) in [5, 5.41) is 2.67. The lowest BCUT2D eigenvalue weighted by Crippen LogP contribution is -2.21. The van der Waals surface area contributed by atoms with Gasteiger partial charge in [0.1, 0.15) is 11.3 Å². The van der Waals surface area contributed by atoms with Crippen LogP contribution in [0.3, 0.4) is 0 Å². The Morgan fingerprint density at radius 3 is 2.64 bits per heavy atom. The molecule has 0 aliphatic carbocycles. The molecule has 3 heterocycles. The van der Waals surface area contributed by atoms with Crippen molar-refractivity contribution in [2.75, 3.05) is 7.05 Å². The Kier molecular flexibility index (Phi) is 3.63. The SMILES string of the molecule is CNC(=O)Cc1c(-c2ccc(C)cn2)nc2ccc(C)cn12. The van der Waals surface area contributed by atoms with E-state index >= 15 is 0 Å². The van der Waals surface area contributed by atoms with Gasteiger partial charge in [0.25, 0.3) is 0 Å². The maximum absolute atomic E-state index is 11.9. The monoisotopic (exact) mass is 294 g/mol. The van der Waals surface area contributed by atoms with Crippen molar-refractivity contribution >= 4 is 11.6 Å². The molecular formula is C17H18N4O. The van der Waals surface area contributed by atoms with Gasteiger partial charge in [0.2, 0.25) is 5.91 Å². The summed E-state index contributed by atoms with van der Waals surface area (Å²) in [6.07, 6.45) is 4.08. The van der Waals surface area contributed by atoms with Gasteiger partial charge in [0.05, 0.1) is 17.8 Å². The van der Waals surface area contributed by atoms with Gasteiger partial charge in [0, 0.05) is 19.4 Å². The number of fused-ring (bicyclic) bond motifs is 1. The second-order valence-electron chi connectivity index (χ2n) is 5.41. The highest BCUT2D eigenvalue weighted by Crippen LogP contribution is 2.24. The molecule has 5 nitrogen and oxygen atoms in total. The van der Waals surface area contributed by atoms with Crippen LogP contribution in [0.25, 0.3) is 17.0 Å². The average Bonchev–Trinajstić information content (AvgIpc) is 2.86. The highest BCUT2D eigenvalue weighted by Gasteiger charge is 2.17. The number of carbonyl (C=O) groups is 1. The summed E-state index contributed by atoms with van der Waals surface area (Å²) in [5.41, 5.74) is 5.43. The molecule has 1 N–H and O–H groups in total. The Morgan fingerprint density at radius 1 is 1.18 bits per heavy atom. The number of rotatable bonds is 3. The molecule has 3 aromatic heterocycles. The fraction of sp³-hybridized carbons (Fsp3) is 0.235. The van der Waals surface area contributed by atoms with E-state index < -0.39 is 0 Å². The molecule has 0 aromatic carbocycles. The van der Waals surface area contributed by atoms with E-state index in [4.69, 9.17) is 0 Å². The molecule has 112 valence electrons. The summed E-state index contributed by atoms with van der Waals surface area (Å²) in [5.74, 6) is -0.0448. The quantitative estimate of drug-likeness (QED) is 0.806. The highest BCUT2D eigenvalue weighted by atomic mass is 16.1. The van der Waals surface area contributed by atoms with Crippen molar-refractivity contribution in [3.05, 3.63) is 53.5 Å². The molecular weight excluding hydrogens is 276 g/mol. The first-order valence-corrected chi connectivity index (χ1v) is 7.19. The highest BCUT2D eigenvalue weighted by molar-refractivity contribution is 5.80. The van der Waals surface area contributed by atoms with Gasteiger partial charge < -0.3 is 9.72 Å². The van der Waals surface area contributed by atoms with Gasteiger partial charge in [-0.2, -0.15) is 0 Å². The topological polar surface area (TPSA) is 59.3 Å². The standard InChI is InChI=1S/C17H18N4O/c1-11-4-6-13(19-9-11)17-14(8-16(22)18-3)21-10-12(2)5-7-15(21)20-17/h4-7,9-10H,8H2,1-3H3,(H,18,22). The van der Waals surface area contributed by atoms with Crippen molar-refractivity contribution in [3.8, 4) is 11.4 Å². The minimum absolute atomic E-state index is 0.0448. The molecule has 0 unspecified atom stereocenters. The van der Waals surface area contributed by atoms with Crippen LogP contribution >= 0.6 is 0 Å². The predicted octanol–water partition coefficient (Wildman–Crippen LogP) is 2.30. The Morgan fingerprint density at radius 2 is 1.95 bits per heavy atom. The number of aromatic nitrogens is 3. The molecule has 3 rings (SSSR count). The minimum Gasteiger partial charge on any atom is -0.359 e. The minimum atomic E-state index is -0.0448. The van der Waals surface area contributed by atoms with Gasteiger partial charge in [-0.3, -0.25) is 9.78 Å². The van der Waals surface area contributed by atoms with Gasteiger partial charge in [0.15, 0.2) is 0 Å². The van der Waals surface area contributed by atoms with E-state index in [1.165, 1.54) is 0 Å². The van der Waals surface area contributed by atoms with E-state index in [-0.39, 0.29) is 12.3 Å². The smallest absolute Gasteiger partial charge is 0.225 e. The third kappa shape index (κ3) is 2.57. The summed E-state index contributed by atoms with van der Waals surface area (Å²) in [7, 11) is 1.64. The Bertz CT molecular complexity index is 834. The largest absolute Gasteiger partial charge is 0.359 e. The van der Waals surface area contributed by atoms with Crippen LogP contribution < -0.4 is 5.32 Å². The summed E-state index contributed by atoms with van der Waals surface area (Å²) in [4.78, 5) is 21.0. The molecule has 0 aliphatic rings. The van der Waals surface area contributed by atoms with Gasteiger partial charge in [-0.15, -0.1) is 0 Å². The number of amides is 1. The number of pyridine rings is 2. The molecule has 0 saturated heterocycles. The number of hydrogen-bond acceptors (Lipinski definition) is 3. The van der Waals surface area contributed by atoms with Crippen molar-refractivity contribution in [3.63, 3.8) is 0 Å². The van der Waals surface area contributed by atoms with E-state index in [1.54, 1.807) is 7.05 Å². The molecule has 5 heteroatoms. The summed E-state index contributed by atoms with van der Waals surface area (Å²) in [6, 6.07) is 7.91. The summed E-state index contributed by atoms with van der Waals surface area (Å²) < 4.78 is 1.97. The molecule has 0 fully saturated rings.